The fourth-order valence-electron chi connectivity index (χ4n) is 2.58. The van der Waals surface area contributed by atoms with Gasteiger partial charge in [0.2, 0.25) is 0 Å². The summed E-state index contributed by atoms with van der Waals surface area (Å²) in [7, 11) is -0.493. The summed E-state index contributed by atoms with van der Waals surface area (Å²) in [4.78, 5) is 15.7. The van der Waals surface area contributed by atoms with Crippen LogP contribution in [0.15, 0.2) is 42.6 Å². The Morgan fingerprint density at radius 3 is 2.17 bits per heavy atom. The van der Waals surface area contributed by atoms with E-state index >= 15 is 0 Å². The summed E-state index contributed by atoms with van der Waals surface area (Å²) >= 11 is 5.50. The van der Waals surface area contributed by atoms with Gasteiger partial charge >= 0.3 is 7.12 Å². The lowest BCUT2D eigenvalue weighted by Crippen LogP contribution is -2.41. The minimum Gasteiger partial charge on any atom is -0.399 e. The normalized spacial score (nSPS) is 18.6. The first-order chi connectivity index (χ1) is 11.2. The highest BCUT2D eigenvalue weighted by Crippen LogP contribution is 2.37. The molecule has 0 unspecified atom stereocenters. The van der Waals surface area contributed by atoms with E-state index in [4.69, 9.17) is 20.9 Å². The molecule has 0 bridgehead atoms. The van der Waals surface area contributed by atoms with Crippen LogP contribution >= 0.6 is 11.6 Å². The van der Waals surface area contributed by atoms with Crippen molar-refractivity contribution in [2.24, 2.45) is 0 Å². The van der Waals surface area contributed by atoms with Gasteiger partial charge in [0.25, 0.3) is 5.24 Å². The molecule has 1 aliphatic heterocycles. The number of benzene rings is 1. The van der Waals surface area contributed by atoms with E-state index in [1.165, 1.54) is 0 Å². The number of hydrogen-bond acceptors (Lipinski definition) is 4. The van der Waals surface area contributed by atoms with Gasteiger partial charge in [-0.05, 0) is 63.1 Å². The SMILES string of the molecule is CC1(C)OB(c2cccnc2-c2ccc(C(=O)Cl)cc2)OC1(C)C. The summed E-state index contributed by atoms with van der Waals surface area (Å²) in [6.45, 7) is 8.07. The zero-order chi connectivity index (χ0) is 17.5. The molecule has 3 rings (SSSR count). The molecule has 24 heavy (non-hydrogen) atoms. The maximum atomic E-state index is 11.2. The van der Waals surface area contributed by atoms with E-state index in [1.807, 2.05) is 52.0 Å². The van der Waals surface area contributed by atoms with Crippen molar-refractivity contribution in [3.63, 3.8) is 0 Å². The van der Waals surface area contributed by atoms with E-state index in [0.717, 1.165) is 16.7 Å². The zero-order valence-corrected chi connectivity index (χ0v) is 14.9. The van der Waals surface area contributed by atoms with Gasteiger partial charge in [-0.1, -0.05) is 18.2 Å². The standard InChI is InChI=1S/C18H19BClNO3/c1-17(2)18(3,4)24-19(23-17)14-6-5-11-21-15(14)12-7-9-13(10-8-12)16(20)22/h5-11H,1-4H3. The van der Waals surface area contributed by atoms with E-state index in [0.29, 0.717) is 5.56 Å². The Balaban J connectivity index is 1.99. The fraction of sp³-hybridized carbons (Fsp3) is 0.333. The van der Waals surface area contributed by atoms with Crippen LogP contribution in [0.25, 0.3) is 11.3 Å². The van der Waals surface area contributed by atoms with Crippen LogP contribution in [-0.2, 0) is 9.31 Å². The fourth-order valence-corrected chi connectivity index (χ4v) is 2.70. The first-order valence-corrected chi connectivity index (χ1v) is 8.20. The molecule has 0 N–H and O–H groups in total. The highest BCUT2D eigenvalue weighted by atomic mass is 35.5. The van der Waals surface area contributed by atoms with E-state index < -0.39 is 23.6 Å². The van der Waals surface area contributed by atoms with Crippen LogP contribution in [0, 0.1) is 0 Å². The molecular weight excluding hydrogens is 324 g/mol. The molecule has 0 amide bonds. The van der Waals surface area contributed by atoms with Gasteiger partial charge in [-0.3, -0.25) is 9.78 Å². The molecule has 1 aromatic carbocycles. The van der Waals surface area contributed by atoms with Crippen molar-refractivity contribution in [2.45, 2.75) is 38.9 Å². The van der Waals surface area contributed by atoms with Crippen LogP contribution in [0.3, 0.4) is 0 Å². The molecule has 0 radical (unpaired) electrons. The summed E-state index contributed by atoms with van der Waals surface area (Å²) in [6, 6.07) is 10.8. The molecule has 1 saturated heterocycles. The largest absolute Gasteiger partial charge is 0.497 e. The van der Waals surface area contributed by atoms with E-state index in [-0.39, 0.29) is 0 Å². The molecule has 4 nitrogen and oxygen atoms in total. The third kappa shape index (κ3) is 2.99. The average Bonchev–Trinajstić information content (AvgIpc) is 2.75. The Bertz CT molecular complexity index is 758. The topological polar surface area (TPSA) is 48.4 Å². The van der Waals surface area contributed by atoms with Crippen LogP contribution < -0.4 is 5.46 Å². The molecule has 0 aliphatic carbocycles. The Kier molecular flexibility index (Phi) is 4.28. The second kappa shape index (κ2) is 5.99. The molecule has 1 aliphatic rings. The minimum absolute atomic E-state index is 0.417. The van der Waals surface area contributed by atoms with Crippen molar-refractivity contribution in [3.8, 4) is 11.3 Å². The number of hydrogen-bond donors (Lipinski definition) is 0. The quantitative estimate of drug-likeness (QED) is 0.633. The number of nitrogens with zero attached hydrogens (tertiary/aromatic N) is 1. The zero-order valence-electron chi connectivity index (χ0n) is 14.2. The lowest BCUT2D eigenvalue weighted by Gasteiger charge is -2.32. The number of carbonyl (C=O) groups excluding carboxylic acids is 1. The van der Waals surface area contributed by atoms with Crippen molar-refractivity contribution in [3.05, 3.63) is 48.2 Å². The molecule has 0 atom stereocenters. The molecule has 2 aromatic rings. The second-order valence-corrected chi connectivity index (χ2v) is 7.22. The van der Waals surface area contributed by atoms with Gasteiger partial charge in [0.05, 0.1) is 16.9 Å². The molecule has 1 aromatic heterocycles. The number of aromatic nitrogens is 1. The summed E-state index contributed by atoms with van der Waals surface area (Å²) in [5, 5.41) is -0.478. The van der Waals surface area contributed by atoms with E-state index in [2.05, 4.69) is 4.98 Å². The number of rotatable bonds is 3. The third-order valence-corrected chi connectivity index (χ3v) is 4.95. The first-order valence-electron chi connectivity index (χ1n) is 7.82. The monoisotopic (exact) mass is 343 g/mol. The highest BCUT2D eigenvalue weighted by Gasteiger charge is 2.52. The van der Waals surface area contributed by atoms with Gasteiger partial charge < -0.3 is 9.31 Å². The van der Waals surface area contributed by atoms with Crippen molar-refractivity contribution in [2.75, 3.05) is 0 Å². The Labute approximate surface area is 147 Å². The first kappa shape index (κ1) is 17.1. The Hall–Kier alpha value is -1.69. The predicted molar refractivity (Wildman–Crippen MR) is 95.6 cm³/mol. The molecule has 1 fully saturated rings. The number of halogens is 1. The Morgan fingerprint density at radius 2 is 1.62 bits per heavy atom. The predicted octanol–water partition coefficient (Wildman–Crippen LogP) is 3.43. The van der Waals surface area contributed by atoms with Crippen LogP contribution in [-0.4, -0.2) is 28.5 Å². The van der Waals surface area contributed by atoms with Gasteiger partial charge in [0.15, 0.2) is 0 Å². The second-order valence-electron chi connectivity index (χ2n) is 6.88. The molecule has 0 saturated carbocycles. The van der Waals surface area contributed by atoms with Gasteiger partial charge in [-0.2, -0.15) is 0 Å². The lowest BCUT2D eigenvalue weighted by atomic mass is 9.76. The molecule has 6 heteroatoms. The average molecular weight is 344 g/mol. The maximum Gasteiger partial charge on any atom is 0.497 e. The van der Waals surface area contributed by atoms with Crippen LogP contribution in [0.5, 0.6) is 0 Å². The highest BCUT2D eigenvalue weighted by molar-refractivity contribution is 6.67. The molecule has 124 valence electrons. The van der Waals surface area contributed by atoms with Crippen molar-refractivity contribution in [1.29, 1.82) is 0 Å². The van der Waals surface area contributed by atoms with Gasteiger partial charge in [-0.25, -0.2) is 0 Å². The lowest BCUT2D eigenvalue weighted by molar-refractivity contribution is 0.00578. The summed E-state index contributed by atoms with van der Waals surface area (Å²) in [5.74, 6) is 0. The number of pyridine rings is 1. The maximum absolute atomic E-state index is 11.2. The van der Waals surface area contributed by atoms with Crippen LogP contribution in [0.2, 0.25) is 0 Å². The molecule has 2 heterocycles. The summed E-state index contributed by atoms with van der Waals surface area (Å²) < 4.78 is 12.3. The van der Waals surface area contributed by atoms with Gasteiger partial charge in [-0.15, -0.1) is 0 Å². The van der Waals surface area contributed by atoms with Crippen LogP contribution in [0.4, 0.5) is 0 Å². The van der Waals surface area contributed by atoms with Gasteiger partial charge in [0, 0.05) is 17.2 Å². The van der Waals surface area contributed by atoms with Crippen molar-refractivity contribution >= 4 is 29.4 Å². The van der Waals surface area contributed by atoms with Crippen molar-refractivity contribution in [1.82, 2.24) is 4.98 Å². The van der Waals surface area contributed by atoms with Gasteiger partial charge in [0.1, 0.15) is 0 Å². The Morgan fingerprint density at radius 1 is 1.04 bits per heavy atom. The van der Waals surface area contributed by atoms with E-state index in [9.17, 15) is 4.79 Å². The smallest absolute Gasteiger partial charge is 0.399 e. The molecule has 0 spiro atoms. The minimum atomic E-state index is -0.493. The molecular formula is C18H19BClNO3. The summed E-state index contributed by atoms with van der Waals surface area (Å²) in [5.41, 5.74) is 2.13. The van der Waals surface area contributed by atoms with Crippen LogP contribution in [0.1, 0.15) is 38.1 Å². The van der Waals surface area contributed by atoms with E-state index in [1.54, 1.807) is 18.3 Å². The third-order valence-electron chi connectivity index (χ3n) is 4.73. The van der Waals surface area contributed by atoms with Crippen molar-refractivity contribution < 1.29 is 14.1 Å². The number of carbonyl (C=O) groups is 1. The summed E-state index contributed by atoms with van der Waals surface area (Å²) in [6.07, 6.45) is 1.73.